The summed E-state index contributed by atoms with van der Waals surface area (Å²) in [6.07, 6.45) is 0. The van der Waals surface area contributed by atoms with Crippen molar-refractivity contribution < 1.29 is 19.1 Å². The van der Waals surface area contributed by atoms with E-state index < -0.39 is 0 Å². The molecule has 0 aromatic heterocycles. The van der Waals surface area contributed by atoms with Crippen LogP contribution in [0.4, 0.5) is 11.4 Å². The summed E-state index contributed by atoms with van der Waals surface area (Å²) in [5, 5.41) is 2.83. The smallest absolute Gasteiger partial charge is 0.266 e. The summed E-state index contributed by atoms with van der Waals surface area (Å²) in [6, 6.07) is 20.4. The van der Waals surface area contributed by atoms with Crippen LogP contribution >= 0.6 is 0 Å². The summed E-state index contributed by atoms with van der Waals surface area (Å²) in [6.45, 7) is 1.17. The van der Waals surface area contributed by atoms with Gasteiger partial charge in [0.15, 0.2) is 0 Å². The molecule has 3 aromatic rings. The first-order valence-corrected chi connectivity index (χ1v) is 10.2. The lowest BCUT2D eigenvalue weighted by atomic mass is 10.1. The topological polar surface area (TPSA) is 79.0 Å². The van der Waals surface area contributed by atoms with Gasteiger partial charge < -0.3 is 15.0 Å². The maximum atomic E-state index is 12.9. The van der Waals surface area contributed by atoms with Crippen LogP contribution in [0.1, 0.15) is 31.1 Å². The number of carbonyl (C=O) groups excluding carboxylic acids is 3. The first kappa shape index (κ1) is 21.3. The first-order chi connectivity index (χ1) is 15.5. The number of ether oxygens (including phenoxy) is 1. The number of imide groups is 1. The number of nitrogens with one attached hydrogen (secondary N) is 1. The molecule has 4 rings (SSSR count). The van der Waals surface area contributed by atoms with Crippen molar-refractivity contribution in [3.05, 3.63) is 89.5 Å². The van der Waals surface area contributed by atoms with Gasteiger partial charge in [-0.3, -0.25) is 14.4 Å². The quantitative estimate of drug-likeness (QED) is 0.580. The van der Waals surface area contributed by atoms with Crippen LogP contribution in [-0.4, -0.2) is 49.9 Å². The highest BCUT2D eigenvalue weighted by Crippen LogP contribution is 2.30. The van der Waals surface area contributed by atoms with E-state index >= 15 is 0 Å². The van der Waals surface area contributed by atoms with Crippen molar-refractivity contribution in [3.8, 4) is 5.75 Å². The van der Waals surface area contributed by atoms with Crippen molar-refractivity contribution in [3.63, 3.8) is 0 Å². The maximum Gasteiger partial charge on any atom is 0.266 e. The van der Waals surface area contributed by atoms with Crippen LogP contribution in [0.2, 0.25) is 0 Å². The molecule has 1 aliphatic heterocycles. The number of carbonyl (C=O) groups is 3. The number of benzene rings is 3. The van der Waals surface area contributed by atoms with Crippen LogP contribution in [-0.2, 0) is 0 Å². The molecule has 0 spiro atoms. The minimum Gasteiger partial charge on any atom is -0.491 e. The van der Waals surface area contributed by atoms with Gasteiger partial charge in [-0.05, 0) is 56.6 Å². The van der Waals surface area contributed by atoms with Crippen LogP contribution < -0.4 is 15.0 Å². The highest BCUT2D eigenvalue weighted by atomic mass is 16.5. The largest absolute Gasteiger partial charge is 0.491 e. The zero-order chi connectivity index (χ0) is 22.7. The molecule has 3 amide bonds. The van der Waals surface area contributed by atoms with Gasteiger partial charge in [-0.1, -0.05) is 30.3 Å². The molecule has 0 saturated heterocycles. The van der Waals surface area contributed by atoms with E-state index in [-0.39, 0.29) is 17.7 Å². The molecule has 1 heterocycles. The number of hydrogen-bond donors (Lipinski definition) is 1. The Balaban J connectivity index is 1.53. The molecule has 7 nitrogen and oxygen atoms in total. The fourth-order valence-corrected chi connectivity index (χ4v) is 3.46. The van der Waals surface area contributed by atoms with E-state index in [1.165, 1.54) is 0 Å². The van der Waals surface area contributed by atoms with E-state index in [4.69, 9.17) is 4.74 Å². The molecule has 0 aliphatic carbocycles. The fraction of sp³-hybridized carbons (Fsp3) is 0.160. The van der Waals surface area contributed by atoms with Gasteiger partial charge in [0, 0.05) is 12.2 Å². The van der Waals surface area contributed by atoms with Gasteiger partial charge in [-0.25, -0.2) is 4.90 Å². The summed E-state index contributed by atoms with van der Waals surface area (Å²) in [7, 11) is 3.90. The second kappa shape index (κ2) is 9.03. The molecule has 0 bridgehead atoms. The zero-order valence-corrected chi connectivity index (χ0v) is 17.9. The minimum absolute atomic E-state index is 0.343. The van der Waals surface area contributed by atoms with Gasteiger partial charge in [-0.2, -0.15) is 0 Å². The number of fused-ring (bicyclic) bond motifs is 1. The molecule has 0 atom stereocenters. The molecule has 1 N–H and O–H groups in total. The van der Waals surface area contributed by atoms with Gasteiger partial charge >= 0.3 is 0 Å². The Kier molecular flexibility index (Phi) is 6.00. The molecular weight excluding hydrogens is 406 g/mol. The van der Waals surface area contributed by atoms with Gasteiger partial charge in [0.05, 0.1) is 22.4 Å². The Morgan fingerprint density at radius 2 is 1.56 bits per heavy atom. The van der Waals surface area contributed by atoms with Gasteiger partial charge in [0.25, 0.3) is 17.7 Å². The standard InChI is InChI=1S/C25H23N3O4/c1-27(2)14-15-32-22-13-6-5-12-21(22)23(29)26-17-8-7-9-18(16-17)28-24(30)19-10-3-4-11-20(19)25(28)31/h3-13,16H,14-15H2,1-2H3,(H,26,29). The lowest BCUT2D eigenvalue weighted by molar-refractivity contribution is 0.0925. The van der Waals surface area contributed by atoms with Crippen molar-refractivity contribution >= 4 is 29.1 Å². The number of nitrogens with zero attached hydrogens (tertiary/aromatic N) is 2. The van der Waals surface area contributed by atoms with Crippen molar-refractivity contribution in [1.29, 1.82) is 0 Å². The SMILES string of the molecule is CN(C)CCOc1ccccc1C(=O)Nc1cccc(N2C(=O)c3ccccc3C2=O)c1. The van der Waals surface area contributed by atoms with Crippen molar-refractivity contribution in [2.45, 2.75) is 0 Å². The lowest BCUT2D eigenvalue weighted by Crippen LogP contribution is -2.29. The summed E-state index contributed by atoms with van der Waals surface area (Å²) in [5.41, 5.74) is 2.00. The second-order valence-corrected chi connectivity index (χ2v) is 7.64. The van der Waals surface area contributed by atoms with E-state index in [2.05, 4.69) is 5.32 Å². The molecule has 0 fully saturated rings. The monoisotopic (exact) mass is 429 g/mol. The molecule has 0 unspecified atom stereocenters. The molecule has 3 aromatic carbocycles. The zero-order valence-electron chi connectivity index (χ0n) is 17.9. The maximum absolute atomic E-state index is 12.9. The predicted octanol–water partition coefficient (Wildman–Crippen LogP) is 3.68. The number of likely N-dealkylation sites (N-methyl/N-ethyl adjacent to an activating group) is 1. The highest BCUT2D eigenvalue weighted by Gasteiger charge is 2.36. The van der Waals surface area contributed by atoms with Gasteiger partial charge in [0.1, 0.15) is 12.4 Å². The Bertz CT molecular complexity index is 1150. The average Bonchev–Trinajstić information content (AvgIpc) is 3.04. The van der Waals surface area contributed by atoms with E-state index in [0.717, 1.165) is 11.4 Å². The van der Waals surface area contributed by atoms with E-state index in [0.29, 0.717) is 40.4 Å². The molecule has 0 radical (unpaired) electrons. The highest BCUT2D eigenvalue weighted by molar-refractivity contribution is 6.34. The van der Waals surface area contributed by atoms with Crippen LogP contribution in [0.15, 0.2) is 72.8 Å². The number of rotatable bonds is 7. The third-order valence-corrected chi connectivity index (χ3v) is 5.08. The first-order valence-electron chi connectivity index (χ1n) is 10.2. The normalized spacial score (nSPS) is 12.8. The average molecular weight is 429 g/mol. The number of anilines is 2. The minimum atomic E-state index is -0.381. The second-order valence-electron chi connectivity index (χ2n) is 7.64. The van der Waals surface area contributed by atoms with Crippen LogP contribution in [0.3, 0.4) is 0 Å². The van der Waals surface area contributed by atoms with Crippen LogP contribution in [0, 0.1) is 0 Å². The van der Waals surface area contributed by atoms with Crippen LogP contribution in [0.5, 0.6) is 5.75 Å². The summed E-state index contributed by atoms with van der Waals surface area (Å²) >= 11 is 0. The summed E-state index contributed by atoms with van der Waals surface area (Å²) < 4.78 is 5.78. The number of hydrogen-bond acceptors (Lipinski definition) is 5. The van der Waals surface area contributed by atoms with Crippen molar-refractivity contribution in [2.75, 3.05) is 37.5 Å². The molecular formula is C25H23N3O4. The Morgan fingerprint density at radius 3 is 2.25 bits per heavy atom. The Labute approximate surface area is 186 Å². The Morgan fingerprint density at radius 1 is 0.906 bits per heavy atom. The van der Waals surface area contributed by atoms with Crippen LogP contribution in [0.25, 0.3) is 0 Å². The predicted molar refractivity (Wildman–Crippen MR) is 122 cm³/mol. The molecule has 7 heteroatoms. The van der Waals surface area contributed by atoms with Crippen molar-refractivity contribution in [1.82, 2.24) is 4.90 Å². The van der Waals surface area contributed by atoms with Gasteiger partial charge in [-0.15, -0.1) is 0 Å². The third-order valence-electron chi connectivity index (χ3n) is 5.08. The molecule has 0 saturated carbocycles. The van der Waals surface area contributed by atoms with Crippen molar-refractivity contribution in [2.24, 2.45) is 0 Å². The molecule has 32 heavy (non-hydrogen) atoms. The van der Waals surface area contributed by atoms with Gasteiger partial charge in [0.2, 0.25) is 0 Å². The van der Waals surface area contributed by atoms with E-state index in [1.54, 1.807) is 66.7 Å². The summed E-state index contributed by atoms with van der Waals surface area (Å²) in [5.74, 6) is -0.615. The Hall–Kier alpha value is -3.97. The molecule has 1 aliphatic rings. The van der Waals surface area contributed by atoms with E-state index in [9.17, 15) is 14.4 Å². The number of amides is 3. The number of para-hydroxylation sites is 1. The van der Waals surface area contributed by atoms with E-state index in [1.807, 2.05) is 25.1 Å². The summed E-state index contributed by atoms with van der Waals surface area (Å²) in [4.78, 5) is 41.5. The lowest BCUT2D eigenvalue weighted by Gasteiger charge is -2.16. The third kappa shape index (κ3) is 4.24. The fourth-order valence-electron chi connectivity index (χ4n) is 3.46. The molecule has 162 valence electrons.